The molecule has 45 heavy (non-hydrogen) atoms. The fourth-order valence-corrected chi connectivity index (χ4v) is 6.71. The van der Waals surface area contributed by atoms with Crippen molar-refractivity contribution >= 4 is 40.6 Å². The summed E-state index contributed by atoms with van der Waals surface area (Å²) in [6.45, 7) is 8.21. The van der Waals surface area contributed by atoms with E-state index < -0.39 is 12.1 Å². The molecule has 1 aliphatic heterocycles. The molecule has 3 unspecified atom stereocenters. The van der Waals surface area contributed by atoms with Crippen molar-refractivity contribution in [3.63, 3.8) is 0 Å². The van der Waals surface area contributed by atoms with E-state index >= 15 is 0 Å². The number of benzene rings is 3. The van der Waals surface area contributed by atoms with Gasteiger partial charge in [-0.2, -0.15) is 0 Å². The second kappa shape index (κ2) is 16.1. The van der Waals surface area contributed by atoms with Gasteiger partial charge in [0, 0.05) is 37.2 Å². The number of Topliss-reactive ketones (excluding diaryl/α,β-unsaturated/α-hetero) is 1. The Bertz CT molecular complexity index is 1380. The second-order valence-electron chi connectivity index (χ2n) is 12.0. The second-order valence-corrected chi connectivity index (χ2v) is 12.8. The van der Waals surface area contributed by atoms with Crippen molar-refractivity contribution in [1.82, 2.24) is 9.80 Å². The number of nitrogens with zero attached hydrogens (tertiary/aromatic N) is 2. The van der Waals surface area contributed by atoms with Crippen LogP contribution < -0.4 is 5.32 Å². The van der Waals surface area contributed by atoms with E-state index in [9.17, 15) is 23.5 Å². The fourth-order valence-electron chi connectivity index (χ4n) is 6.13. The van der Waals surface area contributed by atoms with E-state index in [4.69, 9.17) is 23.2 Å². The Kier molecular flexibility index (Phi) is 12.5. The standard InChI is InChI=1S/C35H41Cl2F2N3O3/c1-22-21-41(15-5-4-6-30(25-7-11-28(38)12-8-25)26-9-13-29(39)14-10-26)16-17-42(22)33(18-23(2)43)35(45)40-34-31(36)19-27(24(3)44)20-32(34)37/h7-14,19-20,22-23,30,33,43H,4-6,15-18,21H2,1-3H3,(H,40,45). The molecule has 3 aromatic carbocycles. The van der Waals surface area contributed by atoms with Gasteiger partial charge in [0.25, 0.3) is 0 Å². The van der Waals surface area contributed by atoms with Crippen LogP contribution in [0.25, 0.3) is 0 Å². The van der Waals surface area contributed by atoms with Gasteiger partial charge in [-0.05, 0) is 94.1 Å². The normalized spacial score (nSPS) is 17.3. The van der Waals surface area contributed by atoms with Crippen molar-refractivity contribution in [2.75, 3.05) is 31.5 Å². The number of amides is 1. The van der Waals surface area contributed by atoms with Gasteiger partial charge in [-0.25, -0.2) is 8.78 Å². The first-order valence-corrected chi connectivity index (χ1v) is 16.2. The fraction of sp³-hybridized carbons (Fsp3) is 0.429. The summed E-state index contributed by atoms with van der Waals surface area (Å²) in [6, 6.07) is 15.5. The molecule has 1 amide bonds. The molecule has 0 saturated carbocycles. The van der Waals surface area contributed by atoms with Crippen LogP contribution in [0.1, 0.15) is 73.9 Å². The van der Waals surface area contributed by atoms with E-state index in [0.29, 0.717) is 12.1 Å². The zero-order chi connectivity index (χ0) is 32.7. The number of hydrogen-bond acceptors (Lipinski definition) is 5. The highest BCUT2D eigenvalue weighted by atomic mass is 35.5. The summed E-state index contributed by atoms with van der Waals surface area (Å²) in [5.41, 5.74) is 2.61. The van der Waals surface area contributed by atoms with Gasteiger partial charge < -0.3 is 15.3 Å². The summed E-state index contributed by atoms with van der Waals surface area (Å²) < 4.78 is 27.2. The van der Waals surface area contributed by atoms with Crippen LogP contribution in [0.3, 0.4) is 0 Å². The Labute approximate surface area is 274 Å². The number of hydrogen-bond donors (Lipinski definition) is 2. The van der Waals surface area contributed by atoms with Gasteiger partial charge in [0.15, 0.2) is 5.78 Å². The number of anilines is 1. The molecule has 2 N–H and O–H groups in total. The van der Waals surface area contributed by atoms with Gasteiger partial charge in [-0.1, -0.05) is 53.9 Å². The lowest BCUT2D eigenvalue weighted by molar-refractivity contribution is -0.124. The van der Waals surface area contributed by atoms with Crippen LogP contribution in [0.4, 0.5) is 14.5 Å². The van der Waals surface area contributed by atoms with Crippen LogP contribution in [-0.4, -0.2) is 71.0 Å². The van der Waals surface area contributed by atoms with Crippen LogP contribution in [0, 0.1) is 11.6 Å². The zero-order valence-electron chi connectivity index (χ0n) is 25.9. The number of unbranched alkanes of at least 4 members (excludes halogenated alkanes) is 1. The Morgan fingerprint density at radius 2 is 1.51 bits per heavy atom. The largest absolute Gasteiger partial charge is 0.393 e. The number of piperazine rings is 1. The number of aliphatic hydroxyl groups excluding tert-OH is 1. The molecule has 0 spiro atoms. The van der Waals surface area contributed by atoms with Gasteiger partial charge in [-0.3, -0.25) is 14.5 Å². The molecule has 4 rings (SSSR count). The zero-order valence-corrected chi connectivity index (χ0v) is 27.4. The molecular weight excluding hydrogens is 619 g/mol. The van der Waals surface area contributed by atoms with Crippen LogP contribution in [0.15, 0.2) is 60.7 Å². The molecule has 6 nitrogen and oxygen atoms in total. The highest BCUT2D eigenvalue weighted by molar-refractivity contribution is 6.40. The molecule has 0 bridgehead atoms. The van der Waals surface area contributed by atoms with Crippen molar-refractivity contribution in [1.29, 1.82) is 0 Å². The van der Waals surface area contributed by atoms with Crippen LogP contribution in [0.2, 0.25) is 10.0 Å². The van der Waals surface area contributed by atoms with Gasteiger partial charge in [0.1, 0.15) is 11.6 Å². The Balaban J connectivity index is 1.35. The van der Waals surface area contributed by atoms with Crippen molar-refractivity contribution in [2.45, 2.75) is 70.6 Å². The predicted octanol–water partition coefficient (Wildman–Crippen LogP) is 7.56. The van der Waals surface area contributed by atoms with Gasteiger partial charge in [-0.15, -0.1) is 0 Å². The first-order valence-electron chi connectivity index (χ1n) is 15.4. The smallest absolute Gasteiger partial charge is 0.241 e. The van der Waals surface area contributed by atoms with Crippen LogP contribution in [0.5, 0.6) is 0 Å². The third kappa shape index (κ3) is 9.56. The lowest BCUT2D eigenvalue weighted by atomic mass is 9.87. The van der Waals surface area contributed by atoms with Crippen molar-refractivity contribution in [2.24, 2.45) is 0 Å². The lowest BCUT2D eigenvalue weighted by Crippen LogP contribution is -2.58. The highest BCUT2D eigenvalue weighted by Gasteiger charge is 2.34. The van der Waals surface area contributed by atoms with Crippen molar-refractivity contribution in [3.05, 3.63) is 99.0 Å². The summed E-state index contributed by atoms with van der Waals surface area (Å²) in [5.74, 6) is -1.02. The Hall–Kier alpha value is -2.88. The number of aliphatic hydroxyl groups is 1. The van der Waals surface area contributed by atoms with Crippen molar-refractivity contribution < 1.29 is 23.5 Å². The maximum atomic E-state index is 13.6. The summed E-state index contributed by atoms with van der Waals surface area (Å²) in [7, 11) is 0. The molecule has 1 heterocycles. The molecule has 242 valence electrons. The van der Waals surface area contributed by atoms with E-state index in [-0.39, 0.29) is 57.4 Å². The van der Waals surface area contributed by atoms with E-state index in [2.05, 4.69) is 22.0 Å². The first-order chi connectivity index (χ1) is 21.4. The number of rotatable bonds is 13. The minimum absolute atomic E-state index is 0.0439. The SMILES string of the molecule is CC(=O)c1cc(Cl)c(NC(=O)C(CC(C)O)N2CCN(CCCCC(c3ccc(F)cc3)c3ccc(F)cc3)CC2C)c(Cl)c1. The Morgan fingerprint density at radius 3 is 2.00 bits per heavy atom. The summed E-state index contributed by atoms with van der Waals surface area (Å²) >= 11 is 12.8. The third-order valence-electron chi connectivity index (χ3n) is 8.49. The number of nitrogens with one attached hydrogen (secondary N) is 1. The molecular formula is C35H41Cl2F2N3O3. The molecule has 1 saturated heterocycles. The minimum Gasteiger partial charge on any atom is -0.393 e. The molecule has 1 fully saturated rings. The molecule has 0 radical (unpaired) electrons. The molecule has 1 aliphatic rings. The molecule has 0 aliphatic carbocycles. The highest BCUT2D eigenvalue weighted by Crippen LogP contribution is 2.33. The summed E-state index contributed by atoms with van der Waals surface area (Å²) in [6.07, 6.45) is 2.28. The van der Waals surface area contributed by atoms with Gasteiger partial charge in [0.2, 0.25) is 5.91 Å². The summed E-state index contributed by atoms with van der Waals surface area (Å²) in [4.78, 5) is 29.8. The van der Waals surface area contributed by atoms with Crippen molar-refractivity contribution in [3.8, 4) is 0 Å². The maximum Gasteiger partial charge on any atom is 0.241 e. The molecule has 0 aromatic heterocycles. The maximum absolute atomic E-state index is 13.6. The average molecular weight is 661 g/mol. The predicted molar refractivity (Wildman–Crippen MR) is 176 cm³/mol. The monoisotopic (exact) mass is 659 g/mol. The number of ketones is 1. The van der Waals surface area contributed by atoms with Crippen LogP contribution >= 0.6 is 23.2 Å². The topological polar surface area (TPSA) is 72.9 Å². The third-order valence-corrected chi connectivity index (χ3v) is 9.09. The summed E-state index contributed by atoms with van der Waals surface area (Å²) in [5, 5.41) is 13.4. The minimum atomic E-state index is -0.702. The van der Waals surface area contributed by atoms with E-state index in [1.165, 1.54) is 43.3 Å². The number of carbonyl (C=O) groups excluding carboxylic acids is 2. The van der Waals surface area contributed by atoms with Gasteiger partial charge >= 0.3 is 0 Å². The molecule has 3 aromatic rings. The molecule has 10 heteroatoms. The van der Waals surface area contributed by atoms with E-state index in [1.54, 1.807) is 31.2 Å². The van der Waals surface area contributed by atoms with E-state index in [1.807, 2.05) is 0 Å². The Morgan fingerprint density at radius 1 is 0.956 bits per heavy atom. The first kappa shape index (κ1) is 35.0. The number of carbonyl (C=O) groups is 2. The van der Waals surface area contributed by atoms with Crippen LogP contribution in [-0.2, 0) is 4.79 Å². The van der Waals surface area contributed by atoms with Gasteiger partial charge in [0.05, 0.1) is 27.9 Å². The average Bonchev–Trinajstić information content (AvgIpc) is 2.99. The van der Waals surface area contributed by atoms with E-state index in [0.717, 1.165) is 50.0 Å². The number of halogens is 4. The lowest BCUT2D eigenvalue weighted by Gasteiger charge is -2.43. The quantitative estimate of drug-likeness (QED) is 0.146. The molecule has 3 atom stereocenters.